The molecule has 0 radical (unpaired) electrons. The largest absolute Gasteiger partial charge is 0.481 e. The van der Waals surface area contributed by atoms with Gasteiger partial charge in [-0.3, -0.25) is 9.78 Å². The molecule has 0 spiro atoms. The number of rotatable bonds is 8. The number of pyridine rings is 1. The Morgan fingerprint density at radius 2 is 1.71 bits per heavy atom. The molecule has 5 nitrogen and oxygen atoms in total. The van der Waals surface area contributed by atoms with Crippen LogP contribution < -0.4 is 0 Å². The minimum atomic E-state index is -0.669. The standard InChI is InChI=1S/C29H32N2O3/c1-19-5-3-4-6-26(19)27(18-28(31-34)25-15-16-30-20(2)17-25)23-11-7-21(8-12-23)22-9-13-24(14-10-22)29(32)33/h3-8,11-12,15-17,22,24,27-28H,9-10,13-14,18H2,1-2H3,(H,32,33)/t22?,24?,27-,28?/m1/s1. The van der Waals surface area contributed by atoms with Gasteiger partial charge in [0.1, 0.15) is 6.04 Å². The molecule has 34 heavy (non-hydrogen) atoms. The maximum absolute atomic E-state index is 11.9. The highest BCUT2D eigenvalue weighted by molar-refractivity contribution is 5.70. The second-order valence-electron chi connectivity index (χ2n) is 9.55. The number of carboxylic acids is 1. The molecule has 4 rings (SSSR count). The van der Waals surface area contributed by atoms with Crippen LogP contribution in [0.3, 0.4) is 0 Å². The van der Waals surface area contributed by atoms with Crippen LogP contribution in [0.25, 0.3) is 0 Å². The molecule has 5 heteroatoms. The Morgan fingerprint density at radius 3 is 2.32 bits per heavy atom. The van der Waals surface area contributed by atoms with Crippen molar-refractivity contribution in [1.82, 2.24) is 4.98 Å². The molecule has 176 valence electrons. The molecule has 1 aliphatic rings. The minimum absolute atomic E-state index is 0.0363. The number of benzene rings is 2. The lowest BCUT2D eigenvalue weighted by Crippen LogP contribution is -2.20. The molecule has 1 saturated carbocycles. The quantitative estimate of drug-likeness (QED) is 0.367. The van der Waals surface area contributed by atoms with Crippen molar-refractivity contribution in [2.75, 3.05) is 0 Å². The Morgan fingerprint density at radius 1 is 1.00 bits per heavy atom. The number of carboxylic acid groups (broad SMARTS) is 1. The van der Waals surface area contributed by atoms with Crippen molar-refractivity contribution in [2.45, 2.75) is 63.8 Å². The number of hydrogen-bond donors (Lipinski definition) is 1. The lowest BCUT2D eigenvalue weighted by atomic mass is 9.77. The summed E-state index contributed by atoms with van der Waals surface area (Å²) in [5, 5.41) is 12.8. The molecule has 3 aromatic rings. The summed E-state index contributed by atoms with van der Waals surface area (Å²) >= 11 is 0. The van der Waals surface area contributed by atoms with Crippen LogP contribution in [0.5, 0.6) is 0 Å². The third-order valence-corrected chi connectivity index (χ3v) is 7.34. The van der Waals surface area contributed by atoms with Gasteiger partial charge in [-0.1, -0.05) is 53.7 Å². The van der Waals surface area contributed by atoms with Crippen LogP contribution >= 0.6 is 0 Å². The second-order valence-corrected chi connectivity index (χ2v) is 9.55. The summed E-state index contributed by atoms with van der Waals surface area (Å²) in [5.41, 5.74) is 6.60. The Bertz CT molecular complexity index is 1130. The monoisotopic (exact) mass is 456 g/mol. The first-order valence-corrected chi connectivity index (χ1v) is 12.1. The van der Waals surface area contributed by atoms with Crippen molar-refractivity contribution in [1.29, 1.82) is 0 Å². The van der Waals surface area contributed by atoms with Gasteiger partial charge in [-0.15, -0.1) is 0 Å². The van der Waals surface area contributed by atoms with E-state index in [4.69, 9.17) is 0 Å². The molecule has 1 heterocycles. The molecule has 1 fully saturated rings. The van der Waals surface area contributed by atoms with Crippen LogP contribution in [-0.2, 0) is 4.79 Å². The average molecular weight is 457 g/mol. The summed E-state index contributed by atoms with van der Waals surface area (Å²) in [6.45, 7) is 4.03. The third kappa shape index (κ3) is 5.41. The number of hydrogen-bond acceptors (Lipinski definition) is 4. The zero-order chi connectivity index (χ0) is 24.1. The molecule has 0 aliphatic heterocycles. The van der Waals surface area contributed by atoms with E-state index in [1.807, 2.05) is 31.2 Å². The SMILES string of the molecule is Cc1cc(C(C[C@H](c2ccc(C3CCC(C(=O)O)CC3)cc2)c2ccccc2C)N=O)ccn1. The zero-order valence-corrected chi connectivity index (χ0v) is 19.9. The molecule has 1 aliphatic carbocycles. The maximum Gasteiger partial charge on any atom is 0.306 e. The predicted octanol–water partition coefficient (Wildman–Crippen LogP) is 7.09. The summed E-state index contributed by atoms with van der Waals surface area (Å²) in [4.78, 5) is 27.5. The Labute approximate surface area is 201 Å². The molecule has 2 atom stereocenters. The molecule has 0 bridgehead atoms. The number of aromatic nitrogens is 1. The maximum atomic E-state index is 11.9. The van der Waals surface area contributed by atoms with Crippen molar-refractivity contribution in [3.8, 4) is 0 Å². The van der Waals surface area contributed by atoms with Gasteiger partial charge in [-0.25, -0.2) is 0 Å². The summed E-state index contributed by atoms with van der Waals surface area (Å²) < 4.78 is 0. The van der Waals surface area contributed by atoms with Crippen molar-refractivity contribution in [3.05, 3.63) is 105 Å². The van der Waals surface area contributed by atoms with E-state index in [-0.39, 0.29) is 11.8 Å². The lowest BCUT2D eigenvalue weighted by molar-refractivity contribution is -0.142. The zero-order valence-electron chi connectivity index (χ0n) is 19.9. The van der Waals surface area contributed by atoms with Gasteiger partial charge in [0.15, 0.2) is 0 Å². The molecule has 1 unspecified atom stereocenters. The topological polar surface area (TPSA) is 79.6 Å². The van der Waals surface area contributed by atoms with Gasteiger partial charge in [0.2, 0.25) is 0 Å². The highest BCUT2D eigenvalue weighted by atomic mass is 16.4. The fourth-order valence-electron chi connectivity index (χ4n) is 5.33. The summed E-state index contributed by atoms with van der Waals surface area (Å²) in [6.07, 6.45) is 5.63. The molecule has 0 amide bonds. The second kappa shape index (κ2) is 10.7. The number of nitrogens with zero attached hydrogens (tertiary/aromatic N) is 2. The van der Waals surface area contributed by atoms with E-state index >= 15 is 0 Å². The highest BCUT2D eigenvalue weighted by Crippen LogP contribution is 2.39. The van der Waals surface area contributed by atoms with Crippen LogP contribution in [-0.4, -0.2) is 16.1 Å². The summed E-state index contributed by atoms with van der Waals surface area (Å²) in [5.74, 6) is -0.428. The van der Waals surface area contributed by atoms with E-state index in [9.17, 15) is 14.8 Å². The van der Waals surface area contributed by atoms with Crippen LogP contribution in [0, 0.1) is 24.7 Å². The van der Waals surface area contributed by atoms with Gasteiger partial charge in [-0.2, -0.15) is 4.91 Å². The average Bonchev–Trinajstić information content (AvgIpc) is 2.86. The molecule has 1 aromatic heterocycles. The van der Waals surface area contributed by atoms with Crippen LogP contribution in [0.1, 0.15) is 83.5 Å². The minimum Gasteiger partial charge on any atom is -0.481 e. The first-order valence-electron chi connectivity index (χ1n) is 12.1. The fraction of sp³-hybridized carbons (Fsp3) is 0.379. The van der Waals surface area contributed by atoms with Crippen LogP contribution in [0.4, 0.5) is 0 Å². The van der Waals surface area contributed by atoms with E-state index < -0.39 is 12.0 Å². The van der Waals surface area contributed by atoms with E-state index in [0.717, 1.165) is 42.5 Å². The molecule has 2 aromatic carbocycles. The molecular formula is C29H32N2O3. The third-order valence-electron chi connectivity index (χ3n) is 7.34. The molecular weight excluding hydrogens is 424 g/mol. The van der Waals surface area contributed by atoms with Crippen molar-refractivity contribution >= 4 is 5.97 Å². The van der Waals surface area contributed by atoms with E-state index in [1.54, 1.807) is 6.20 Å². The van der Waals surface area contributed by atoms with Gasteiger partial charge in [0.05, 0.1) is 5.92 Å². The first kappa shape index (κ1) is 23.8. The van der Waals surface area contributed by atoms with E-state index in [0.29, 0.717) is 12.3 Å². The highest BCUT2D eigenvalue weighted by Gasteiger charge is 2.27. The van der Waals surface area contributed by atoms with E-state index in [2.05, 4.69) is 53.5 Å². The Kier molecular flexibility index (Phi) is 7.51. The molecule has 0 saturated heterocycles. The molecule has 1 N–H and O–H groups in total. The van der Waals surface area contributed by atoms with Gasteiger partial charge >= 0.3 is 5.97 Å². The van der Waals surface area contributed by atoms with Gasteiger partial charge in [0.25, 0.3) is 0 Å². The predicted molar refractivity (Wildman–Crippen MR) is 134 cm³/mol. The summed E-state index contributed by atoms with van der Waals surface area (Å²) in [7, 11) is 0. The Balaban J connectivity index is 1.60. The smallest absolute Gasteiger partial charge is 0.306 e. The summed E-state index contributed by atoms with van der Waals surface area (Å²) in [6, 6.07) is 20.4. The van der Waals surface area contributed by atoms with Gasteiger partial charge in [0, 0.05) is 17.8 Å². The number of aryl methyl sites for hydroxylation is 2. The fourth-order valence-corrected chi connectivity index (χ4v) is 5.33. The van der Waals surface area contributed by atoms with Crippen LogP contribution in [0.2, 0.25) is 0 Å². The first-order chi connectivity index (χ1) is 16.5. The van der Waals surface area contributed by atoms with Gasteiger partial charge < -0.3 is 5.11 Å². The number of aliphatic carboxylic acids is 1. The lowest BCUT2D eigenvalue weighted by Gasteiger charge is -2.27. The Hall–Kier alpha value is -3.34. The number of carbonyl (C=O) groups is 1. The normalized spacial score (nSPS) is 19.8. The van der Waals surface area contributed by atoms with Crippen molar-refractivity contribution in [3.63, 3.8) is 0 Å². The van der Waals surface area contributed by atoms with Crippen molar-refractivity contribution in [2.24, 2.45) is 11.1 Å². The van der Waals surface area contributed by atoms with Gasteiger partial charge in [-0.05, 0) is 91.8 Å². The van der Waals surface area contributed by atoms with E-state index in [1.165, 1.54) is 16.7 Å². The number of nitroso groups, excluding NO2 is 1. The van der Waals surface area contributed by atoms with Crippen molar-refractivity contribution < 1.29 is 9.90 Å². The van der Waals surface area contributed by atoms with Crippen LogP contribution in [0.15, 0.2) is 72.0 Å².